The van der Waals surface area contributed by atoms with Gasteiger partial charge in [-0.1, -0.05) is 6.07 Å². The number of hydrogen-bond donors (Lipinski definition) is 2. The minimum absolute atomic E-state index is 0.0138. The number of carbonyl (C=O) groups excluding carboxylic acids is 1. The molecule has 0 aliphatic carbocycles. The predicted molar refractivity (Wildman–Crippen MR) is 76.0 cm³/mol. The number of hydrogen-bond acceptors (Lipinski definition) is 3. The second-order valence-electron chi connectivity index (χ2n) is 3.91. The van der Waals surface area contributed by atoms with E-state index in [4.69, 9.17) is 0 Å². The first-order valence-corrected chi connectivity index (χ1v) is 6.99. The molecule has 0 atom stereocenters. The Balaban J connectivity index is 2.03. The van der Waals surface area contributed by atoms with Crippen LogP contribution in [-0.2, 0) is 6.54 Å². The van der Waals surface area contributed by atoms with Crippen LogP contribution in [0.4, 0.5) is 0 Å². The second kappa shape index (κ2) is 5.54. The molecule has 2 aromatic rings. The number of phenols is 1. The van der Waals surface area contributed by atoms with Crippen LogP contribution in [0.5, 0.6) is 5.75 Å². The Morgan fingerprint density at radius 2 is 2.17 bits per heavy atom. The van der Waals surface area contributed by atoms with Crippen LogP contribution in [0.25, 0.3) is 0 Å². The lowest BCUT2D eigenvalue weighted by Gasteiger charge is -2.06. The van der Waals surface area contributed by atoms with Crippen molar-refractivity contribution < 1.29 is 9.90 Å². The van der Waals surface area contributed by atoms with Gasteiger partial charge in [-0.15, -0.1) is 11.3 Å². The first kappa shape index (κ1) is 13.1. The molecule has 0 aliphatic heterocycles. The van der Waals surface area contributed by atoms with Crippen molar-refractivity contribution in [2.75, 3.05) is 0 Å². The van der Waals surface area contributed by atoms with Gasteiger partial charge in [0.2, 0.25) is 0 Å². The lowest BCUT2D eigenvalue weighted by molar-refractivity contribution is 0.0948. The Hall–Kier alpha value is -1.33. The standard InChI is InChI=1S/C13H12BrNO2S/c1-8-2-4-10(11(16)6-8)13(17)15-7-9-3-5-12(14)18-9/h2-6,16H,7H2,1H3,(H,15,17). The van der Waals surface area contributed by atoms with Crippen molar-refractivity contribution in [3.05, 3.63) is 50.1 Å². The van der Waals surface area contributed by atoms with E-state index in [1.807, 2.05) is 19.1 Å². The highest BCUT2D eigenvalue weighted by atomic mass is 79.9. The van der Waals surface area contributed by atoms with E-state index in [9.17, 15) is 9.90 Å². The summed E-state index contributed by atoms with van der Waals surface area (Å²) in [6, 6.07) is 8.90. The highest BCUT2D eigenvalue weighted by Gasteiger charge is 2.10. The van der Waals surface area contributed by atoms with Crippen LogP contribution < -0.4 is 5.32 Å². The molecule has 1 heterocycles. The highest BCUT2D eigenvalue weighted by molar-refractivity contribution is 9.11. The van der Waals surface area contributed by atoms with E-state index in [0.29, 0.717) is 12.1 Å². The average molecular weight is 326 g/mol. The van der Waals surface area contributed by atoms with Crippen LogP contribution in [-0.4, -0.2) is 11.0 Å². The van der Waals surface area contributed by atoms with Gasteiger partial charge < -0.3 is 10.4 Å². The average Bonchev–Trinajstić information content (AvgIpc) is 2.72. The van der Waals surface area contributed by atoms with Crippen molar-refractivity contribution in [2.24, 2.45) is 0 Å². The monoisotopic (exact) mass is 325 g/mol. The van der Waals surface area contributed by atoms with Gasteiger partial charge in [-0.05, 0) is 52.7 Å². The molecule has 0 radical (unpaired) electrons. The molecule has 2 rings (SSSR count). The van der Waals surface area contributed by atoms with Crippen LogP contribution in [0, 0.1) is 6.92 Å². The van der Waals surface area contributed by atoms with Gasteiger partial charge in [0.05, 0.1) is 15.9 Å². The third kappa shape index (κ3) is 3.11. The molecule has 2 N–H and O–H groups in total. The summed E-state index contributed by atoms with van der Waals surface area (Å²) >= 11 is 4.94. The number of rotatable bonds is 3. The Bertz CT molecular complexity index is 580. The minimum atomic E-state index is -0.267. The van der Waals surface area contributed by atoms with E-state index in [2.05, 4.69) is 21.2 Å². The fraction of sp³-hybridized carbons (Fsp3) is 0.154. The number of thiophene rings is 1. The van der Waals surface area contributed by atoms with Gasteiger partial charge in [0.15, 0.2) is 0 Å². The molecular weight excluding hydrogens is 314 g/mol. The predicted octanol–water partition coefficient (Wildman–Crippen LogP) is 3.45. The maximum Gasteiger partial charge on any atom is 0.255 e. The first-order chi connectivity index (χ1) is 8.56. The molecule has 94 valence electrons. The molecule has 0 saturated carbocycles. The zero-order valence-electron chi connectivity index (χ0n) is 9.74. The van der Waals surface area contributed by atoms with Crippen molar-refractivity contribution >= 4 is 33.2 Å². The fourth-order valence-electron chi connectivity index (χ4n) is 1.54. The Morgan fingerprint density at radius 1 is 1.39 bits per heavy atom. The molecule has 1 amide bonds. The largest absolute Gasteiger partial charge is 0.507 e. The number of carbonyl (C=O) groups is 1. The number of amides is 1. The SMILES string of the molecule is Cc1ccc(C(=O)NCc2ccc(Br)s2)c(O)c1. The van der Waals surface area contributed by atoms with Crippen molar-refractivity contribution in [1.29, 1.82) is 0 Å². The van der Waals surface area contributed by atoms with Gasteiger partial charge in [0, 0.05) is 4.88 Å². The number of nitrogens with one attached hydrogen (secondary N) is 1. The molecule has 1 aromatic heterocycles. The summed E-state index contributed by atoms with van der Waals surface area (Å²) in [6.45, 7) is 2.33. The maximum absolute atomic E-state index is 11.9. The third-order valence-electron chi connectivity index (χ3n) is 2.45. The Kier molecular flexibility index (Phi) is 4.04. The van der Waals surface area contributed by atoms with Crippen molar-refractivity contribution in [3.8, 4) is 5.75 Å². The summed E-state index contributed by atoms with van der Waals surface area (Å²) in [5.74, 6) is -0.253. The summed E-state index contributed by atoms with van der Waals surface area (Å²) in [7, 11) is 0. The number of halogens is 1. The molecule has 0 spiro atoms. The summed E-state index contributed by atoms with van der Waals surface area (Å²) in [5, 5.41) is 12.5. The fourth-order valence-corrected chi connectivity index (χ4v) is 2.97. The first-order valence-electron chi connectivity index (χ1n) is 5.38. The second-order valence-corrected chi connectivity index (χ2v) is 6.46. The molecule has 3 nitrogen and oxygen atoms in total. The normalized spacial score (nSPS) is 10.3. The third-order valence-corrected chi connectivity index (χ3v) is 4.07. The molecule has 0 bridgehead atoms. The number of benzene rings is 1. The van der Waals surface area contributed by atoms with E-state index in [0.717, 1.165) is 14.2 Å². The minimum Gasteiger partial charge on any atom is -0.507 e. The van der Waals surface area contributed by atoms with Crippen LogP contribution in [0.1, 0.15) is 20.8 Å². The molecule has 1 aromatic carbocycles. The maximum atomic E-state index is 11.9. The topological polar surface area (TPSA) is 49.3 Å². The zero-order valence-corrected chi connectivity index (χ0v) is 12.1. The van der Waals surface area contributed by atoms with E-state index in [1.165, 1.54) is 0 Å². The number of aromatic hydroxyl groups is 1. The van der Waals surface area contributed by atoms with Gasteiger partial charge in [-0.3, -0.25) is 4.79 Å². The van der Waals surface area contributed by atoms with Crippen LogP contribution in [0.15, 0.2) is 34.1 Å². The summed E-state index contributed by atoms with van der Waals surface area (Å²) in [6.07, 6.45) is 0. The smallest absolute Gasteiger partial charge is 0.255 e. The Morgan fingerprint density at radius 3 is 2.78 bits per heavy atom. The van der Waals surface area contributed by atoms with Gasteiger partial charge in [0.25, 0.3) is 5.91 Å². The van der Waals surface area contributed by atoms with Gasteiger partial charge in [0.1, 0.15) is 5.75 Å². The summed E-state index contributed by atoms with van der Waals surface area (Å²) in [5.41, 5.74) is 1.22. The van der Waals surface area contributed by atoms with E-state index < -0.39 is 0 Å². The zero-order chi connectivity index (χ0) is 13.1. The van der Waals surface area contributed by atoms with E-state index >= 15 is 0 Å². The van der Waals surface area contributed by atoms with E-state index in [-0.39, 0.29) is 11.7 Å². The van der Waals surface area contributed by atoms with Crippen molar-refractivity contribution in [3.63, 3.8) is 0 Å². The molecule has 0 aliphatic rings. The van der Waals surface area contributed by atoms with Crippen LogP contribution in [0.3, 0.4) is 0 Å². The summed E-state index contributed by atoms with van der Waals surface area (Å²) in [4.78, 5) is 12.9. The van der Waals surface area contributed by atoms with Gasteiger partial charge in [-0.25, -0.2) is 0 Å². The molecule has 0 unspecified atom stereocenters. The lowest BCUT2D eigenvalue weighted by atomic mass is 10.1. The molecular formula is C13H12BrNO2S. The molecule has 5 heteroatoms. The number of aryl methyl sites for hydroxylation is 1. The van der Waals surface area contributed by atoms with Crippen molar-refractivity contribution in [1.82, 2.24) is 5.32 Å². The van der Waals surface area contributed by atoms with E-state index in [1.54, 1.807) is 29.5 Å². The highest BCUT2D eigenvalue weighted by Crippen LogP contribution is 2.22. The lowest BCUT2D eigenvalue weighted by Crippen LogP contribution is -2.22. The van der Waals surface area contributed by atoms with Crippen LogP contribution in [0.2, 0.25) is 0 Å². The quantitative estimate of drug-likeness (QED) is 0.908. The molecule has 0 fully saturated rings. The van der Waals surface area contributed by atoms with Crippen molar-refractivity contribution in [2.45, 2.75) is 13.5 Å². The molecule has 0 saturated heterocycles. The van der Waals surface area contributed by atoms with Gasteiger partial charge in [-0.2, -0.15) is 0 Å². The summed E-state index contributed by atoms with van der Waals surface area (Å²) < 4.78 is 1.03. The number of phenolic OH excluding ortho intramolecular Hbond substituents is 1. The van der Waals surface area contributed by atoms with Crippen LogP contribution >= 0.6 is 27.3 Å². The molecule has 18 heavy (non-hydrogen) atoms. The van der Waals surface area contributed by atoms with Gasteiger partial charge >= 0.3 is 0 Å². The Labute approximate surface area is 118 Å².